The fourth-order valence-electron chi connectivity index (χ4n) is 4.69. The van der Waals surface area contributed by atoms with Gasteiger partial charge in [-0.3, -0.25) is 9.62 Å². The van der Waals surface area contributed by atoms with Crippen LogP contribution in [0.1, 0.15) is 38.2 Å². The average Bonchev–Trinajstić information content (AvgIpc) is 2.93. The Morgan fingerprint density at radius 3 is 2.36 bits per heavy atom. The number of pyridine rings is 1. The number of unbranched alkanes of at least 4 members (excludes halogenated alkanes) is 1. The maximum absolute atomic E-state index is 14.1. The summed E-state index contributed by atoms with van der Waals surface area (Å²) in [6.07, 6.45) is 5.86. The number of anilines is 2. The number of amides is 2. The lowest BCUT2D eigenvalue weighted by Crippen LogP contribution is -2.49. The molecule has 2 amide bonds. The number of hydrogen-bond acceptors (Lipinski definition) is 6. The van der Waals surface area contributed by atoms with Gasteiger partial charge in [-0.15, -0.1) is 12.4 Å². The number of likely N-dealkylation sites (tertiary alicyclic amines) is 1. The average molecular weight is 624 g/mol. The van der Waals surface area contributed by atoms with Gasteiger partial charge in [0.2, 0.25) is 10.0 Å². The number of ether oxygens (including phenoxy) is 1. The van der Waals surface area contributed by atoms with Gasteiger partial charge in [-0.2, -0.15) is 0 Å². The third-order valence-corrected chi connectivity index (χ3v) is 7.36. The first kappa shape index (κ1) is 33.0. The number of carbonyl (C=O) groups is 1. The monoisotopic (exact) mass is 623 g/mol. The lowest BCUT2D eigenvalue weighted by atomic mass is 10.0. The van der Waals surface area contributed by atoms with E-state index in [0.717, 1.165) is 69.3 Å². The van der Waals surface area contributed by atoms with Crippen molar-refractivity contribution in [3.63, 3.8) is 0 Å². The summed E-state index contributed by atoms with van der Waals surface area (Å²) in [6, 6.07) is 13.7. The SMILES string of the molecule is CCCCN(C(=O)Nc1ccc(F)cc1F)C1CCN(Cc2ccc(Oc3ccc(NS(C)(=O)=O)nc3)cc2)CC1.Cl. The van der Waals surface area contributed by atoms with Crippen LogP contribution in [0.3, 0.4) is 0 Å². The molecule has 3 aromatic rings. The maximum Gasteiger partial charge on any atom is 0.322 e. The van der Waals surface area contributed by atoms with Crippen LogP contribution in [-0.2, 0) is 16.6 Å². The van der Waals surface area contributed by atoms with Gasteiger partial charge in [0, 0.05) is 38.3 Å². The summed E-state index contributed by atoms with van der Waals surface area (Å²) < 4.78 is 58.1. The number of carbonyl (C=O) groups excluding carboxylic acids is 1. The third-order valence-electron chi connectivity index (χ3n) is 6.78. The predicted octanol–water partition coefficient (Wildman–Crippen LogP) is 6.24. The van der Waals surface area contributed by atoms with Gasteiger partial charge in [-0.25, -0.2) is 27.0 Å². The number of nitrogens with zero attached hydrogens (tertiary/aromatic N) is 3. The number of urea groups is 1. The van der Waals surface area contributed by atoms with Crippen molar-refractivity contribution in [2.75, 3.05) is 35.9 Å². The fourth-order valence-corrected chi connectivity index (χ4v) is 5.19. The summed E-state index contributed by atoms with van der Waals surface area (Å²) in [6.45, 7) is 5.00. The van der Waals surface area contributed by atoms with Gasteiger partial charge in [0.05, 0.1) is 18.1 Å². The molecular formula is C29H36ClF2N5O4S. The molecule has 0 bridgehead atoms. The quantitative estimate of drug-likeness (QED) is 0.262. The van der Waals surface area contributed by atoms with Crippen LogP contribution in [0.5, 0.6) is 11.5 Å². The molecule has 4 rings (SSSR count). The molecule has 0 aliphatic carbocycles. The molecule has 0 spiro atoms. The Kier molecular flexibility index (Phi) is 11.9. The van der Waals surface area contributed by atoms with Crippen molar-refractivity contribution in [2.45, 2.75) is 45.2 Å². The van der Waals surface area contributed by atoms with Crippen molar-refractivity contribution >= 4 is 40.0 Å². The minimum atomic E-state index is -3.40. The molecule has 2 heterocycles. The van der Waals surface area contributed by atoms with Gasteiger partial charge in [0.15, 0.2) is 0 Å². The van der Waals surface area contributed by atoms with E-state index in [1.807, 2.05) is 24.3 Å². The molecule has 2 aromatic carbocycles. The second kappa shape index (κ2) is 15.1. The second-order valence-corrected chi connectivity index (χ2v) is 11.9. The highest BCUT2D eigenvalue weighted by atomic mass is 35.5. The molecule has 1 aliphatic heterocycles. The van der Waals surface area contributed by atoms with Crippen molar-refractivity contribution in [1.29, 1.82) is 0 Å². The van der Waals surface area contributed by atoms with E-state index in [2.05, 4.69) is 26.8 Å². The van der Waals surface area contributed by atoms with Gasteiger partial charge in [-0.05, 0) is 61.2 Å². The molecule has 1 aromatic heterocycles. The first-order valence-corrected chi connectivity index (χ1v) is 15.4. The molecule has 1 saturated heterocycles. The van der Waals surface area contributed by atoms with E-state index in [1.54, 1.807) is 11.0 Å². The van der Waals surface area contributed by atoms with E-state index in [-0.39, 0.29) is 36.0 Å². The smallest absolute Gasteiger partial charge is 0.322 e. The van der Waals surface area contributed by atoms with Crippen LogP contribution in [0.2, 0.25) is 0 Å². The molecule has 228 valence electrons. The topological polar surface area (TPSA) is 104 Å². The van der Waals surface area contributed by atoms with E-state index in [4.69, 9.17) is 4.74 Å². The maximum atomic E-state index is 14.1. The molecule has 1 aliphatic rings. The van der Waals surface area contributed by atoms with Gasteiger partial charge >= 0.3 is 6.03 Å². The third kappa shape index (κ3) is 9.81. The molecule has 1 fully saturated rings. The van der Waals surface area contributed by atoms with E-state index < -0.39 is 21.7 Å². The van der Waals surface area contributed by atoms with Crippen LogP contribution in [0, 0.1) is 11.6 Å². The first-order chi connectivity index (χ1) is 19.6. The summed E-state index contributed by atoms with van der Waals surface area (Å²) in [5, 5.41) is 2.62. The lowest BCUT2D eigenvalue weighted by molar-refractivity contribution is 0.122. The van der Waals surface area contributed by atoms with Crippen LogP contribution in [0.15, 0.2) is 60.8 Å². The molecule has 0 saturated carbocycles. The van der Waals surface area contributed by atoms with Crippen molar-refractivity contribution in [1.82, 2.24) is 14.8 Å². The highest BCUT2D eigenvalue weighted by Gasteiger charge is 2.28. The molecule has 0 radical (unpaired) electrons. The summed E-state index contributed by atoms with van der Waals surface area (Å²) >= 11 is 0. The molecule has 0 unspecified atom stereocenters. The Balaban J connectivity index is 0.00000484. The minimum Gasteiger partial charge on any atom is -0.456 e. The van der Waals surface area contributed by atoms with Gasteiger partial charge < -0.3 is 15.0 Å². The zero-order valence-corrected chi connectivity index (χ0v) is 25.2. The highest BCUT2D eigenvalue weighted by molar-refractivity contribution is 7.92. The number of nitrogens with one attached hydrogen (secondary N) is 2. The zero-order chi connectivity index (χ0) is 29.4. The van der Waals surface area contributed by atoms with Crippen molar-refractivity contribution in [3.05, 3.63) is 78.0 Å². The Morgan fingerprint density at radius 1 is 1.07 bits per heavy atom. The van der Waals surface area contributed by atoms with Crippen molar-refractivity contribution in [3.8, 4) is 11.5 Å². The number of sulfonamides is 1. The number of halogens is 3. The summed E-state index contributed by atoms with van der Waals surface area (Å²) in [4.78, 5) is 21.2. The largest absolute Gasteiger partial charge is 0.456 e. The van der Waals surface area contributed by atoms with E-state index in [0.29, 0.717) is 18.0 Å². The molecule has 2 N–H and O–H groups in total. The Morgan fingerprint density at radius 2 is 1.76 bits per heavy atom. The molecule has 42 heavy (non-hydrogen) atoms. The molecule has 13 heteroatoms. The number of rotatable bonds is 11. The van der Waals surface area contributed by atoms with Crippen LogP contribution in [0.25, 0.3) is 0 Å². The van der Waals surface area contributed by atoms with Gasteiger partial charge in [0.25, 0.3) is 0 Å². The Hall–Kier alpha value is -3.48. The zero-order valence-electron chi connectivity index (χ0n) is 23.6. The van der Waals surface area contributed by atoms with E-state index in [9.17, 15) is 22.0 Å². The van der Waals surface area contributed by atoms with Gasteiger partial charge in [0.1, 0.15) is 29.0 Å². The van der Waals surface area contributed by atoms with Crippen LogP contribution < -0.4 is 14.8 Å². The summed E-state index contributed by atoms with van der Waals surface area (Å²) in [5.74, 6) is -0.149. The minimum absolute atomic E-state index is 0. The number of aromatic nitrogens is 1. The Bertz CT molecular complexity index is 1420. The van der Waals surface area contributed by atoms with E-state index in [1.165, 1.54) is 18.3 Å². The standard InChI is InChI=1S/C29H35F2N5O4S.ClH/c1-3-4-15-36(29(37)33-27-11-7-22(30)18-26(27)31)23-13-16-35(17-14-23)20-21-5-8-24(9-6-21)40-25-10-12-28(32-19-25)34-41(2,38)39;/h5-12,18-19,23H,3-4,13-17,20H2,1-2H3,(H,32,34)(H,33,37);1H. The van der Waals surface area contributed by atoms with Gasteiger partial charge in [-0.1, -0.05) is 25.5 Å². The first-order valence-electron chi connectivity index (χ1n) is 13.6. The summed E-state index contributed by atoms with van der Waals surface area (Å²) in [5.41, 5.74) is 1.09. The second-order valence-electron chi connectivity index (χ2n) is 10.1. The number of benzene rings is 2. The number of piperidine rings is 1. The molecular weight excluding hydrogens is 588 g/mol. The van der Waals surface area contributed by atoms with Crippen molar-refractivity contribution < 1.29 is 26.7 Å². The normalized spacial score (nSPS) is 14.1. The van der Waals surface area contributed by atoms with Crippen LogP contribution >= 0.6 is 12.4 Å². The summed E-state index contributed by atoms with van der Waals surface area (Å²) in [7, 11) is -3.40. The van der Waals surface area contributed by atoms with Crippen LogP contribution in [0.4, 0.5) is 25.1 Å². The molecule has 0 atom stereocenters. The highest BCUT2D eigenvalue weighted by Crippen LogP contribution is 2.25. The van der Waals surface area contributed by atoms with Crippen LogP contribution in [-0.4, -0.2) is 61.2 Å². The van der Waals surface area contributed by atoms with Crippen molar-refractivity contribution in [2.24, 2.45) is 0 Å². The predicted molar refractivity (Wildman–Crippen MR) is 162 cm³/mol. The number of hydrogen-bond donors (Lipinski definition) is 2. The van der Waals surface area contributed by atoms with E-state index >= 15 is 0 Å². The Labute approximate surface area is 251 Å². The molecule has 9 nitrogen and oxygen atoms in total. The lowest BCUT2D eigenvalue weighted by Gasteiger charge is -2.38. The fraction of sp³-hybridized carbons (Fsp3) is 0.379.